The summed E-state index contributed by atoms with van der Waals surface area (Å²) < 4.78 is 5.37. The summed E-state index contributed by atoms with van der Waals surface area (Å²) in [5.74, 6) is 0.797. The highest BCUT2D eigenvalue weighted by Crippen LogP contribution is 2.20. The number of amides is 1. The van der Waals surface area contributed by atoms with E-state index in [4.69, 9.17) is 4.74 Å². The molecule has 1 amide bonds. The molecule has 2 heterocycles. The molecule has 0 unspecified atom stereocenters. The van der Waals surface area contributed by atoms with Crippen molar-refractivity contribution < 1.29 is 9.53 Å². The minimum absolute atomic E-state index is 0.176. The van der Waals surface area contributed by atoms with Crippen LogP contribution >= 0.6 is 0 Å². The van der Waals surface area contributed by atoms with Crippen LogP contribution in [0.15, 0.2) is 24.3 Å². The quantitative estimate of drug-likeness (QED) is 0.838. The summed E-state index contributed by atoms with van der Waals surface area (Å²) in [5.41, 5.74) is 1.99. The second kappa shape index (κ2) is 6.48. The molecule has 1 aromatic carbocycles. The summed E-state index contributed by atoms with van der Waals surface area (Å²) in [6, 6.07) is 8.05. The number of carbonyl (C=O) groups excluding carboxylic acids is 1. The Morgan fingerprint density at radius 3 is 2.52 bits per heavy atom. The standard InChI is InChI=1S/C17H24N2O2/c1-14-3-2-8-19(13-14)17(20)15-4-6-16(7-5-15)18-9-11-21-12-10-18/h4-7,14H,2-3,8-13H2,1H3/t14-/m1/s1. The number of rotatable bonds is 2. The fourth-order valence-corrected chi connectivity index (χ4v) is 3.19. The summed E-state index contributed by atoms with van der Waals surface area (Å²) in [6.45, 7) is 7.44. The molecule has 0 saturated carbocycles. The number of piperidine rings is 1. The molecule has 0 aromatic heterocycles. The van der Waals surface area contributed by atoms with Crippen molar-refractivity contribution in [3.05, 3.63) is 29.8 Å². The van der Waals surface area contributed by atoms with Crippen molar-refractivity contribution >= 4 is 11.6 Å². The van der Waals surface area contributed by atoms with E-state index in [1.165, 1.54) is 12.1 Å². The molecular formula is C17H24N2O2. The lowest BCUT2D eigenvalue weighted by molar-refractivity contribution is 0.0683. The third kappa shape index (κ3) is 3.38. The molecule has 0 spiro atoms. The minimum atomic E-state index is 0.176. The zero-order valence-corrected chi connectivity index (χ0v) is 12.8. The number of hydrogen-bond acceptors (Lipinski definition) is 3. The number of anilines is 1. The molecule has 0 aliphatic carbocycles. The second-order valence-corrected chi connectivity index (χ2v) is 6.14. The monoisotopic (exact) mass is 288 g/mol. The van der Waals surface area contributed by atoms with Gasteiger partial charge in [-0.05, 0) is 43.0 Å². The summed E-state index contributed by atoms with van der Waals surface area (Å²) in [5, 5.41) is 0. The first-order valence-corrected chi connectivity index (χ1v) is 7.96. The second-order valence-electron chi connectivity index (χ2n) is 6.14. The van der Waals surface area contributed by atoms with Gasteiger partial charge < -0.3 is 14.5 Å². The Bertz CT molecular complexity index is 480. The SMILES string of the molecule is C[C@@H]1CCCN(C(=O)c2ccc(N3CCOCC3)cc2)C1. The van der Waals surface area contributed by atoms with Crippen molar-refractivity contribution in [1.82, 2.24) is 4.90 Å². The fourth-order valence-electron chi connectivity index (χ4n) is 3.19. The van der Waals surface area contributed by atoms with E-state index >= 15 is 0 Å². The Morgan fingerprint density at radius 1 is 1.14 bits per heavy atom. The molecule has 0 N–H and O–H groups in total. The van der Waals surface area contributed by atoms with Gasteiger partial charge >= 0.3 is 0 Å². The number of nitrogens with zero attached hydrogens (tertiary/aromatic N) is 2. The lowest BCUT2D eigenvalue weighted by Gasteiger charge is -2.31. The zero-order valence-electron chi connectivity index (χ0n) is 12.8. The molecule has 21 heavy (non-hydrogen) atoms. The van der Waals surface area contributed by atoms with Gasteiger partial charge in [0.1, 0.15) is 0 Å². The van der Waals surface area contributed by atoms with E-state index in [0.29, 0.717) is 5.92 Å². The van der Waals surface area contributed by atoms with Gasteiger partial charge in [-0.3, -0.25) is 4.79 Å². The number of morpholine rings is 1. The largest absolute Gasteiger partial charge is 0.378 e. The number of ether oxygens (including phenoxy) is 1. The molecule has 114 valence electrons. The van der Waals surface area contributed by atoms with Crippen LogP contribution in [-0.2, 0) is 4.74 Å². The highest BCUT2D eigenvalue weighted by Gasteiger charge is 2.22. The smallest absolute Gasteiger partial charge is 0.253 e. The fraction of sp³-hybridized carbons (Fsp3) is 0.588. The Balaban J connectivity index is 1.67. The molecule has 2 aliphatic heterocycles. The molecule has 3 rings (SSSR count). The van der Waals surface area contributed by atoms with Crippen molar-refractivity contribution in [2.45, 2.75) is 19.8 Å². The lowest BCUT2D eigenvalue weighted by atomic mass is 9.99. The summed E-state index contributed by atoms with van der Waals surface area (Å²) in [7, 11) is 0. The molecular weight excluding hydrogens is 264 g/mol. The normalized spacial score (nSPS) is 23.2. The lowest BCUT2D eigenvalue weighted by Crippen LogP contribution is -2.39. The van der Waals surface area contributed by atoms with E-state index in [-0.39, 0.29) is 5.91 Å². The highest BCUT2D eigenvalue weighted by molar-refractivity contribution is 5.94. The Hall–Kier alpha value is -1.55. The first-order chi connectivity index (χ1) is 10.2. The maximum absolute atomic E-state index is 12.5. The van der Waals surface area contributed by atoms with Crippen LogP contribution in [0.2, 0.25) is 0 Å². The van der Waals surface area contributed by atoms with Gasteiger partial charge in [0.05, 0.1) is 13.2 Å². The van der Waals surface area contributed by atoms with Gasteiger partial charge in [-0.15, -0.1) is 0 Å². The number of carbonyl (C=O) groups is 1. The minimum Gasteiger partial charge on any atom is -0.378 e. The summed E-state index contributed by atoms with van der Waals surface area (Å²) >= 11 is 0. The number of benzene rings is 1. The first kappa shape index (κ1) is 14.4. The van der Waals surface area contributed by atoms with Crippen LogP contribution in [0, 0.1) is 5.92 Å². The Labute approximate surface area is 126 Å². The van der Waals surface area contributed by atoms with E-state index in [9.17, 15) is 4.79 Å². The molecule has 4 heteroatoms. The van der Waals surface area contributed by atoms with Crippen molar-refractivity contribution in [2.75, 3.05) is 44.3 Å². The van der Waals surface area contributed by atoms with E-state index in [1.807, 2.05) is 17.0 Å². The van der Waals surface area contributed by atoms with Gasteiger partial charge in [-0.1, -0.05) is 6.92 Å². The molecule has 1 atom stereocenters. The number of hydrogen-bond donors (Lipinski definition) is 0. The molecule has 4 nitrogen and oxygen atoms in total. The highest BCUT2D eigenvalue weighted by atomic mass is 16.5. The maximum Gasteiger partial charge on any atom is 0.253 e. The van der Waals surface area contributed by atoms with Crippen LogP contribution in [0.4, 0.5) is 5.69 Å². The predicted molar refractivity (Wildman–Crippen MR) is 83.8 cm³/mol. The van der Waals surface area contributed by atoms with E-state index in [2.05, 4.69) is 24.0 Å². The topological polar surface area (TPSA) is 32.8 Å². The molecule has 2 fully saturated rings. The number of likely N-dealkylation sites (tertiary alicyclic amines) is 1. The van der Waals surface area contributed by atoms with E-state index < -0.39 is 0 Å². The summed E-state index contributed by atoms with van der Waals surface area (Å²) in [6.07, 6.45) is 2.36. The molecule has 2 saturated heterocycles. The molecule has 1 aromatic rings. The van der Waals surface area contributed by atoms with Gasteiger partial charge in [0.25, 0.3) is 5.91 Å². The molecule has 2 aliphatic rings. The van der Waals surface area contributed by atoms with Gasteiger partial charge in [0.15, 0.2) is 0 Å². The van der Waals surface area contributed by atoms with Gasteiger partial charge in [-0.2, -0.15) is 0 Å². The molecule has 0 bridgehead atoms. The van der Waals surface area contributed by atoms with Crippen molar-refractivity contribution in [3.63, 3.8) is 0 Å². The maximum atomic E-state index is 12.5. The van der Waals surface area contributed by atoms with Crippen LogP contribution in [0.1, 0.15) is 30.1 Å². The summed E-state index contributed by atoms with van der Waals surface area (Å²) in [4.78, 5) is 16.8. The van der Waals surface area contributed by atoms with Gasteiger partial charge in [-0.25, -0.2) is 0 Å². The third-order valence-corrected chi connectivity index (χ3v) is 4.43. The Morgan fingerprint density at radius 2 is 1.86 bits per heavy atom. The molecule has 0 radical (unpaired) electrons. The van der Waals surface area contributed by atoms with Crippen LogP contribution in [0.3, 0.4) is 0 Å². The third-order valence-electron chi connectivity index (χ3n) is 4.43. The predicted octanol–water partition coefficient (Wildman–Crippen LogP) is 2.40. The van der Waals surface area contributed by atoms with Crippen LogP contribution in [0.5, 0.6) is 0 Å². The average molecular weight is 288 g/mol. The van der Waals surface area contributed by atoms with E-state index in [1.54, 1.807) is 0 Å². The van der Waals surface area contributed by atoms with Crippen LogP contribution < -0.4 is 4.90 Å². The average Bonchev–Trinajstić information content (AvgIpc) is 2.55. The first-order valence-electron chi connectivity index (χ1n) is 7.96. The van der Waals surface area contributed by atoms with Crippen LogP contribution in [-0.4, -0.2) is 50.2 Å². The Kier molecular flexibility index (Phi) is 4.44. The van der Waals surface area contributed by atoms with Crippen molar-refractivity contribution in [3.8, 4) is 0 Å². The van der Waals surface area contributed by atoms with Gasteiger partial charge in [0, 0.05) is 37.4 Å². The van der Waals surface area contributed by atoms with Crippen LogP contribution in [0.25, 0.3) is 0 Å². The van der Waals surface area contributed by atoms with Crippen molar-refractivity contribution in [1.29, 1.82) is 0 Å². The van der Waals surface area contributed by atoms with Crippen molar-refractivity contribution in [2.24, 2.45) is 5.92 Å². The van der Waals surface area contributed by atoms with E-state index in [0.717, 1.165) is 51.4 Å². The van der Waals surface area contributed by atoms with Gasteiger partial charge in [0.2, 0.25) is 0 Å². The zero-order chi connectivity index (χ0) is 14.7.